The number of carbonyl (C=O) groups is 2. The third kappa shape index (κ3) is 3.18. The number of hydrogen-bond donors (Lipinski definition) is 0. The first kappa shape index (κ1) is 17.3. The highest BCUT2D eigenvalue weighted by Gasteiger charge is 2.31. The van der Waals surface area contributed by atoms with Gasteiger partial charge in [-0.15, -0.1) is 0 Å². The number of nitro benzene ring substituents is 1. The summed E-state index contributed by atoms with van der Waals surface area (Å²) in [5.74, 6) is -0.690. The first-order valence-corrected chi connectivity index (χ1v) is 7.78. The van der Waals surface area contributed by atoms with Gasteiger partial charge in [0.15, 0.2) is 0 Å². The van der Waals surface area contributed by atoms with Crippen molar-refractivity contribution >= 4 is 17.5 Å². The number of carbonyl (C=O) groups excluding carboxylic acids is 2. The molecule has 0 radical (unpaired) electrons. The van der Waals surface area contributed by atoms with Crippen molar-refractivity contribution in [3.05, 3.63) is 56.5 Å². The number of rotatable bonds is 3. The molecule has 2 aromatic rings. The number of nitro groups is 1. The molecule has 11 heteroatoms. The van der Waals surface area contributed by atoms with Crippen LogP contribution in [-0.4, -0.2) is 57.9 Å². The van der Waals surface area contributed by atoms with Crippen LogP contribution < -0.4 is 4.90 Å². The Morgan fingerprint density at radius 2 is 1.65 bits per heavy atom. The third-order valence-electron chi connectivity index (χ3n) is 4.20. The zero-order chi connectivity index (χ0) is 18.8. The summed E-state index contributed by atoms with van der Waals surface area (Å²) in [4.78, 5) is 38.2. The smallest absolute Gasteiger partial charge is 0.308 e. The second kappa shape index (κ2) is 6.78. The normalized spacial score (nSPS) is 14.3. The van der Waals surface area contributed by atoms with Gasteiger partial charge >= 0.3 is 11.6 Å². The Bertz CT molecular complexity index is 854. The summed E-state index contributed by atoms with van der Waals surface area (Å²) in [6.45, 7) is 2.60. The van der Waals surface area contributed by atoms with Gasteiger partial charge in [-0.2, -0.15) is 0 Å². The summed E-state index contributed by atoms with van der Waals surface area (Å²) in [6, 6.07) is 5.37. The van der Waals surface area contributed by atoms with Crippen molar-refractivity contribution in [2.75, 3.05) is 26.2 Å². The van der Waals surface area contributed by atoms with Crippen molar-refractivity contribution in [2.24, 2.45) is 0 Å². The molecule has 11 nitrogen and oxygen atoms in total. The number of benzene rings is 1. The minimum Gasteiger partial charge on any atom is -0.359 e. The molecule has 1 aliphatic heterocycles. The molecule has 1 aromatic heterocycles. The molecule has 136 valence electrons. The van der Waals surface area contributed by atoms with E-state index in [-0.39, 0.29) is 41.0 Å². The first-order chi connectivity index (χ1) is 12.4. The van der Waals surface area contributed by atoms with E-state index in [0.29, 0.717) is 18.7 Å². The molecule has 0 spiro atoms. The summed E-state index contributed by atoms with van der Waals surface area (Å²) >= 11 is 0. The average molecular weight is 361 g/mol. The molecular weight excluding hydrogens is 346 g/mol. The van der Waals surface area contributed by atoms with Crippen LogP contribution in [0.4, 0.5) is 5.69 Å². The fourth-order valence-corrected chi connectivity index (χ4v) is 2.66. The van der Waals surface area contributed by atoms with Crippen LogP contribution in [-0.2, 0) is 0 Å². The molecule has 2 amide bonds. The van der Waals surface area contributed by atoms with E-state index < -0.39 is 10.8 Å². The molecule has 2 heterocycles. The highest BCUT2D eigenvalue weighted by molar-refractivity contribution is 5.95. The van der Waals surface area contributed by atoms with Crippen molar-refractivity contribution in [1.82, 2.24) is 15.0 Å². The van der Waals surface area contributed by atoms with Gasteiger partial charge in [-0.1, -0.05) is 0 Å². The van der Waals surface area contributed by atoms with Gasteiger partial charge in [-0.05, 0) is 17.0 Å². The second-order valence-corrected chi connectivity index (χ2v) is 5.75. The van der Waals surface area contributed by atoms with Gasteiger partial charge in [0.1, 0.15) is 0 Å². The molecule has 0 saturated carbocycles. The zero-order valence-electron chi connectivity index (χ0n) is 13.8. The van der Waals surface area contributed by atoms with E-state index in [4.69, 9.17) is 0 Å². The van der Waals surface area contributed by atoms with Crippen molar-refractivity contribution in [3.63, 3.8) is 0 Å². The molecule has 1 saturated heterocycles. The molecule has 0 bridgehead atoms. The maximum Gasteiger partial charge on any atom is 0.308 e. The Labute approximate surface area is 147 Å². The molecular formula is C15H15N5O6. The number of amides is 2. The van der Waals surface area contributed by atoms with Gasteiger partial charge in [0.25, 0.3) is 11.6 Å². The maximum atomic E-state index is 12.5. The minimum absolute atomic E-state index is 0.0462. The topological polar surface area (TPSA) is 137 Å². The van der Waals surface area contributed by atoms with Crippen molar-refractivity contribution in [1.29, 1.82) is 0 Å². The van der Waals surface area contributed by atoms with Crippen LogP contribution in [0.2, 0.25) is 0 Å². The van der Waals surface area contributed by atoms with Crippen LogP contribution in [0.1, 0.15) is 26.5 Å². The monoisotopic (exact) mass is 361 g/mol. The maximum absolute atomic E-state index is 12.5. The van der Waals surface area contributed by atoms with Crippen LogP contribution in [0.25, 0.3) is 0 Å². The van der Waals surface area contributed by atoms with Gasteiger partial charge in [-0.25, -0.2) is 0 Å². The summed E-state index contributed by atoms with van der Waals surface area (Å²) < 4.78 is 4.40. The quantitative estimate of drug-likeness (QED) is 0.430. The first-order valence-electron chi connectivity index (χ1n) is 7.78. The highest BCUT2D eigenvalue weighted by Crippen LogP contribution is 2.15. The molecule has 26 heavy (non-hydrogen) atoms. The van der Waals surface area contributed by atoms with E-state index in [2.05, 4.69) is 9.79 Å². The Morgan fingerprint density at radius 3 is 2.12 bits per heavy atom. The lowest BCUT2D eigenvalue weighted by Gasteiger charge is -2.34. The molecule has 1 aromatic carbocycles. The van der Waals surface area contributed by atoms with E-state index >= 15 is 0 Å². The minimum atomic E-state index is -0.532. The summed E-state index contributed by atoms with van der Waals surface area (Å²) in [5, 5.41) is 25.3. The van der Waals surface area contributed by atoms with Crippen LogP contribution in [0.15, 0.2) is 28.9 Å². The van der Waals surface area contributed by atoms with E-state index in [0.717, 1.165) is 0 Å². The second-order valence-electron chi connectivity index (χ2n) is 5.75. The van der Waals surface area contributed by atoms with Crippen LogP contribution in [0.5, 0.6) is 0 Å². The van der Waals surface area contributed by atoms with E-state index in [1.807, 2.05) is 0 Å². The van der Waals surface area contributed by atoms with Crippen LogP contribution in [0.3, 0.4) is 0 Å². The van der Waals surface area contributed by atoms with E-state index in [1.165, 1.54) is 36.1 Å². The van der Waals surface area contributed by atoms with Crippen LogP contribution >= 0.6 is 0 Å². The lowest BCUT2D eigenvalue weighted by atomic mass is 10.1. The highest BCUT2D eigenvalue weighted by atomic mass is 16.8. The van der Waals surface area contributed by atoms with Crippen LogP contribution in [0, 0.1) is 22.2 Å². The van der Waals surface area contributed by atoms with Gasteiger partial charge in [0.05, 0.1) is 10.1 Å². The molecule has 0 unspecified atom stereocenters. The predicted molar refractivity (Wildman–Crippen MR) is 85.1 cm³/mol. The Kier molecular flexibility index (Phi) is 4.52. The summed E-state index contributed by atoms with van der Waals surface area (Å²) in [6.07, 6.45) is 0. The lowest BCUT2D eigenvalue weighted by Crippen LogP contribution is -2.50. The van der Waals surface area contributed by atoms with Gasteiger partial charge in [0, 0.05) is 50.8 Å². The van der Waals surface area contributed by atoms with Gasteiger partial charge in [-0.3, -0.25) is 24.3 Å². The number of nitrogens with zero attached hydrogens (tertiary/aromatic N) is 5. The fraction of sp³-hybridized carbons (Fsp3) is 0.333. The predicted octanol–water partition coefficient (Wildman–Crippen LogP) is 0.123. The number of piperazine rings is 1. The Balaban J connectivity index is 1.62. The molecule has 1 aliphatic rings. The van der Waals surface area contributed by atoms with Crippen molar-refractivity contribution in [3.8, 4) is 0 Å². The Hall–Kier alpha value is -3.50. The number of non-ortho nitro benzene ring substituents is 1. The molecule has 3 rings (SSSR count). The fourth-order valence-electron chi connectivity index (χ4n) is 2.66. The summed E-state index contributed by atoms with van der Waals surface area (Å²) in [7, 11) is 0. The third-order valence-corrected chi connectivity index (χ3v) is 4.20. The SMILES string of the molecule is Cc1c(C(=O)N2CCN(C(=O)c3ccc([N+](=O)[O-])cc3)CC2)no[n+]1[O-]. The van der Waals surface area contributed by atoms with E-state index in [1.54, 1.807) is 4.90 Å². The molecule has 0 N–H and O–H groups in total. The zero-order valence-corrected chi connectivity index (χ0v) is 13.8. The summed E-state index contributed by atoms with van der Waals surface area (Å²) in [5.41, 5.74) is 0.292. The van der Waals surface area contributed by atoms with Gasteiger partial charge in [0.2, 0.25) is 5.69 Å². The molecule has 0 atom stereocenters. The molecule has 1 fully saturated rings. The van der Waals surface area contributed by atoms with Gasteiger partial charge < -0.3 is 15.0 Å². The number of aromatic nitrogens is 2. The Morgan fingerprint density at radius 1 is 1.12 bits per heavy atom. The molecule has 0 aliphatic carbocycles. The largest absolute Gasteiger partial charge is 0.359 e. The number of hydrogen-bond acceptors (Lipinski definition) is 7. The standard InChI is InChI=1S/C15H15N5O6/c1-10-13(16-26-20(10)25)15(22)18-8-6-17(7-9-18)14(21)11-2-4-12(5-3-11)19(23)24/h2-5H,6-9H2,1H3. The van der Waals surface area contributed by atoms with Crippen molar-refractivity contribution < 1.29 is 24.0 Å². The average Bonchev–Trinajstić information content (AvgIpc) is 2.99. The van der Waals surface area contributed by atoms with E-state index in [9.17, 15) is 24.9 Å². The lowest BCUT2D eigenvalue weighted by molar-refractivity contribution is -0.806. The van der Waals surface area contributed by atoms with Crippen molar-refractivity contribution in [2.45, 2.75) is 6.92 Å².